The molecule has 2 rings (SSSR count). The molecular weight excluding hydrogens is 294 g/mol. The van der Waals surface area contributed by atoms with Crippen molar-refractivity contribution in [1.29, 1.82) is 0 Å². The molecule has 0 unspecified atom stereocenters. The minimum Gasteiger partial charge on any atom is -0.292 e. The number of rotatable bonds is 2. The van der Waals surface area contributed by atoms with Gasteiger partial charge in [-0.3, -0.25) is 19.7 Å². The molecule has 1 amide bonds. The summed E-state index contributed by atoms with van der Waals surface area (Å²) in [4.78, 5) is 32.8. The van der Waals surface area contributed by atoms with Gasteiger partial charge >= 0.3 is 6.03 Å². The highest BCUT2D eigenvalue weighted by Crippen LogP contribution is 1.97. The third-order valence-corrected chi connectivity index (χ3v) is 2.65. The van der Waals surface area contributed by atoms with Crippen LogP contribution in [0, 0.1) is 12.8 Å². The number of aromatic amines is 1. The van der Waals surface area contributed by atoms with Gasteiger partial charge in [-0.25, -0.2) is 14.8 Å². The summed E-state index contributed by atoms with van der Waals surface area (Å²) >= 11 is 0. The van der Waals surface area contributed by atoms with Crippen LogP contribution in [0.15, 0.2) is 29.6 Å². The van der Waals surface area contributed by atoms with Crippen LogP contribution < -0.4 is 10.9 Å². The molecule has 0 aliphatic rings. The fourth-order valence-corrected chi connectivity index (χ4v) is 1.18. The summed E-state index contributed by atoms with van der Waals surface area (Å²) in [6.45, 7) is 12.3. The normalized spacial score (nSPS) is 9.35. The van der Waals surface area contributed by atoms with Crippen LogP contribution in [0.25, 0.3) is 0 Å². The Hall–Kier alpha value is -2.44. The average molecular weight is 321 g/mol. The lowest BCUT2D eigenvalue weighted by Crippen LogP contribution is -2.22. The second kappa shape index (κ2) is 11.2. The van der Waals surface area contributed by atoms with Crippen LogP contribution in [0.4, 0.5) is 10.7 Å². The first kappa shape index (κ1) is 20.6. The summed E-state index contributed by atoms with van der Waals surface area (Å²) < 4.78 is 1.24. The Labute approximate surface area is 137 Å². The second-order valence-electron chi connectivity index (χ2n) is 4.94. The van der Waals surface area contributed by atoms with Crippen LogP contribution in [0.1, 0.15) is 46.7 Å². The van der Waals surface area contributed by atoms with Crippen molar-refractivity contribution in [3.63, 3.8) is 0 Å². The number of anilines is 1. The third-order valence-electron chi connectivity index (χ3n) is 2.65. The van der Waals surface area contributed by atoms with Gasteiger partial charge in [0.15, 0.2) is 0 Å². The molecule has 0 aliphatic heterocycles. The fraction of sp³-hybridized carbons (Fsp3) is 0.500. The Morgan fingerprint density at radius 1 is 1.39 bits per heavy atom. The van der Waals surface area contributed by atoms with Crippen molar-refractivity contribution in [1.82, 2.24) is 19.5 Å². The van der Waals surface area contributed by atoms with Gasteiger partial charge in [0.25, 0.3) is 5.56 Å². The topological polar surface area (TPSA) is 92.7 Å². The maximum absolute atomic E-state index is 11.5. The van der Waals surface area contributed by atoms with E-state index < -0.39 is 6.03 Å². The first-order valence-electron chi connectivity index (χ1n) is 7.79. The van der Waals surface area contributed by atoms with E-state index in [1.165, 1.54) is 35.8 Å². The molecule has 0 atom stereocenters. The summed E-state index contributed by atoms with van der Waals surface area (Å²) in [6.07, 6.45) is 5.62. The molecule has 128 valence electrons. The number of aromatic nitrogens is 4. The van der Waals surface area contributed by atoms with Crippen molar-refractivity contribution < 1.29 is 4.79 Å². The molecule has 0 spiro atoms. The van der Waals surface area contributed by atoms with Crippen molar-refractivity contribution in [3.8, 4) is 0 Å². The van der Waals surface area contributed by atoms with Gasteiger partial charge < -0.3 is 0 Å². The highest BCUT2D eigenvalue weighted by molar-refractivity contribution is 5.89. The molecule has 7 nitrogen and oxygen atoms in total. The minimum atomic E-state index is -0.439. The largest absolute Gasteiger partial charge is 0.333 e. The lowest BCUT2D eigenvalue weighted by atomic mass is 10.2. The minimum absolute atomic E-state index is 0.115. The molecule has 7 heteroatoms. The van der Waals surface area contributed by atoms with E-state index in [0.29, 0.717) is 5.69 Å². The number of nitrogens with one attached hydrogen (secondary N) is 2. The Balaban J connectivity index is 0.000000594. The fourth-order valence-electron chi connectivity index (χ4n) is 1.18. The van der Waals surface area contributed by atoms with E-state index in [1.807, 2.05) is 13.8 Å². The number of H-pyrrole nitrogens is 1. The van der Waals surface area contributed by atoms with Crippen molar-refractivity contribution in [3.05, 3.63) is 40.8 Å². The Bertz CT molecular complexity index is 618. The molecular formula is C16H27N5O2. The maximum atomic E-state index is 11.5. The summed E-state index contributed by atoms with van der Waals surface area (Å²) in [6, 6.07) is 0.901. The standard InChI is InChI=1S/C9H9N5O2.C5H12.C2H6/c1-6-4-7(15)12-8(11-6)13-9(16)14-3-2-10-5-14;1-4-5(2)3;1-2/h2-5H,1H3,(H2,11,12,13,15,16);5H,4H2,1-3H3;1-2H3. The van der Waals surface area contributed by atoms with E-state index >= 15 is 0 Å². The van der Waals surface area contributed by atoms with Crippen LogP contribution >= 0.6 is 0 Å². The maximum Gasteiger partial charge on any atom is 0.333 e. The Kier molecular flexibility index (Phi) is 9.99. The lowest BCUT2D eigenvalue weighted by molar-refractivity contribution is 0.253. The number of aryl methyl sites for hydroxylation is 1. The van der Waals surface area contributed by atoms with Gasteiger partial charge in [0, 0.05) is 24.2 Å². The van der Waals surface area contributed by atoms with E-state index in [0.717, 1.165) is 5.92 Å². The van der Waals surface area contributed by atoms with E-state index in [1.54, 1.807) is 6.92 Å². The third kappa shape index (κ3) is 8.55. The first-order valence-corrected chi connectivity index (χ1v) is 7.79. The van der Waals surface area contributed by atoms with Crippen LogP contribution in [-0.4, -0.2) is 25.6 Å². The Morgan fingerprint density at radius 3 is 2.43 bits per heavy atom. The van der Waals surface area contributed by atoms with Gasteiger partial charge in [-0.05, 0) is 12.8 Å². The van der Waals surface area contributed by atoms with Gasteiger partial charge in [0.1, 0.15) is 6.33 Å². The van der Waals surface area contributed by atoms with E-state index in [9.17, 15) is 9.59 Å². The zero-order chi connectivity index (χ0) is 17.8. The number of hydrogen-bond acceptors (Lipinski definition) is 4. The van der Waals surface area contributed by atoms with Crippen molar-refractivity contribution in [2.24, 2.45) is 5.92 Å². The number of carbonyl (C=O) groups excluding carboxylic acids is 1. The zero-order valence-electron chi connectivity index (χ0n) is 14.8. The molecule has 2 N–H and O–H groups in total. The summed E-state index contributed by atoms with van der Waals surface area (Å²) in [5.74, 6) is 0.999. The molecule has 2 heterocycles. The molecule has 0 saturated heterocycles. The van der Waals surface area contributed by atoms with Crippen molar-refractivity contribution in [2.45, 2.75) is 48.0 Å². The number of hydrogen-bond donors (Lipinski definition) is 2. The molecule has 0 aromatic carbocycles. The molecule has 0 bridgehead atoms. The smallest absolute Gasteiger partial charge is 0.292 e. The van der Waals surface area contributed by atoms with E-state index in [-0.39, 0.29) is 11.5 Å². The van der Waals surface area contributed by atoms with E-state index in [4.69, 9.17) is 0 Å². The number of amides is 1. The summed E-state index contributed by atoms with van der Waals surface area (Å²) in [5, 5.41) is 2.44. The molecule has 23 heavy (non-hydrogen) atoms. The zero-order valence-corrected chi connectivity index (χ0v) is 14.8. The molecule has 0 saturated carbocycles. The molecule has 2 aromatic heterocycles. The quantitative estimate of drug-likeness (QED) is 0.886. The average Bonchev–Trinajstić information content (AvgIpc) is 3.03. The monoisotopic (exact) mass is 321 g/mol. The predicted octanol–water partition coefficient (Wildman–Crippen LogP) is 3.43. The van der Waals surface area contributed by atoms with Crippen LogP contribution in [0.5, 0.6) is 0 Å². The second-order valence-corrected chi connectivity index (χ2v) is 4.94. The highest BCUT2D eigenvalue weighted by atomic mass is 16.2. The van der Waals surface area contributed by atoms with Gasteiger partial charge in [-0.2, -0.15) is 0 Å². The SMILES string of the molecule is CC.CCC(C)C.Cc1cc(=O)[nH]c(NC(=O)n2ccnc2)n1. The van der Waals surface area contributed by atoms with Crippen molar-refractivity contribution >= 4 is 12.0 Å². The van der Waals surface area contributed by atoms with E-state index in [2.05, 4.69) is 41.0 Å². The van der Waals surface area contributed by atoms with Gasteiger partial charge in [0.05, 0.1) is 0 Å². The summed E-state index contributed by atoms with van der Waals surface area (Å²) in [7, 11) is 0. The number of nitrogens with zero attached hydrogens (tertiary/aromatic N) is 3. The predicted molar refractivity (Wildman–Crippen MR) is 92.7 cm³/mol. The van der Waals surface area contributed by atoms with Crippen LogP contribution in [-0.2, 0) is 0 Å². The van der Waals surface area contributed by atoms with Crippen LogP contribution in [0.2, 0.25) is 0 Å². The Morgan fingerprint density at radius 2 is 2.00 bits per heavy atom. The van der Waals surface area contributed by atoms with Crippen molar-refractivity contribution in [2.75, 3.05) is 5.32 Å². The molecule has 0 aliphatic carbocycles. The molecule has 0 radical (unpaired) electrons. The van der Waals surface area contributed by atoms with Gasteiger partial charge in [0.2, 0.25) is 5.95 Å². The van der Waals surface area contributed by atoms with Gasteiger partial charge in [-0.1, -0.05) is 41.0 Å². The lowest BCUT2D eigenvalue weighted by Gasteiger charge is -2.04. The molecule has 2 aromatic rings. The number of carbonyl (C=O) groups is 1. The van der Waals surface area contributed by atoms with Crippen LogP contribution in [0.3, 0.4) is 0 Å². The van der Waals surface area contributed by atoms with Gasteiger partial charge in [-0.15, -0.1) is 0 Å². The molecule has 0 fully saturated rings. The summed E-state index contributed by atoms with van der Waals surface area (Å²) in [5.41, 5.74) is 0.220. The first-order chi connectivity index (χ1) is 10.9. The highest BCUT2D eigenvalue weighted by Gasteiger charge is 2.05. The number of imidazole rings is 1.